The first kappa shape index (κ1) is 17.2. The molecule has 9 heteroatoms. The van der Waals surface area contributed by atoms with Gasteiger partial charge in [0.25, 0.3) is 0 Å². The van der Waals surface area contributed by atoms with E-state index in [4.69, 9.17) is 11.6 Å². The molecule has 1 amide bonds. The van der Waals surface area contributed by atoms with E-state index in [9.17, 15) is 14.0 Å². The van der Waals surface area contributed by atoms with Gasteiger partial charge in [-0.2, -0.15) is 0 Å². The van der Waals surface area contributed by atoms with E-state index in [0.29, 0.717) is 16.4 Å². The van der Waals surface area contributed by atoms with Crippen LogP contribution in [0.15, 0.2) is 58.5 Å². The summed E-state index contributed by atoms with van der Waals surface area (Å²) < 4.78 is 14.6. The number of aromatic nitrogens is 3. The number of thioether (sulfide) groups is 1. The first-order valence-corrected chi connectivity index (χ1v) is 8.51. The van der Waals surface area contributed by atoms with Crippen molar-refractivity contribution in [1.82, 2.24) is 14.8 Å². The number of halogens is 2. The van der Waals surface area contributed by atoms with Crippen LogP contribution in [0.5, 0.6) is 0 Å². The van der Waals surface area contributed by atoms with E-state index in [0.717, 1.165) is 11.8 Å². The number of carbonyl (C=O) groups is 1. The second kappa shape index (κ2) is 7.54. The number of carbonyl (C=O) groups excluding carboxylic acids is 1. The summed E-state index contributed by atoms with van der Waals surface area (Å²) >= 11 is 6.85. The largest absolute Gasteiger partial charge is 0.348 e. The molecular weight excluding hydrogens is 367 g/mol. The number of nitrogens with zero attached hydrogens (tertiary/aromatic N) is 2. The maximum Gasteiger partial charge on any atom is 0.348 e. The Bertz CT molecular complexity index is 955. The highest BCUT2D eigenvalue weighted by molar-refractivity contribution is 7.99. The fourth-order valence-corrected chi connectivity index (χ4v) is 2.97. The average Bonchev–Trinajstić information content (AvgIpc) is 2.96. The number of H-pyrrole nitrogens is 1. The lowest BCUT2D eigenvalue weighted by atomic mass is 10.3. The SMILES string of the molecule is O=C(CSc1n[nH]c(=O)n1-c1cccc(F)c1)Nc1ccc(Cl)cc1. The molecule has 3 aromatic rings. The molecule has 6 nitrogen and oxygen atoms in total. The van der Waals surface area contributed by atoms with Crippen LogP contribution in [0.4, 0.5) is 10.1 Å². The molecule has 2 aromatic carbocycles. The molecule has 0 spiro atoms. The van der Waals surface area contributed by atoms with Crippen LogP contribution in [-0.4, -0.2) is 26.4 Å². The van der Waals surface area contributed by atoms with Crippen LogP contribution in [0.2, 0.25) is 5.02 Å². The van der Waals surface area contributed by atoms with Crippen LogP contribution in [0.1, 0.15) is 0 Å². The van der Waals surface area contributed by atoms with Gasteiger partial charge >= 0.3 is 5.69 Å². The van der Waals surface area contributed by atoms with E-state index in [1.54, 1.807) is 30.3 Å². The maximum atomic E-state index is 13.4. The maximum absolute atomic E-state index is 13.4. The summed E-state index contributed by atoms with van der Waals surface area (Å²) in [7, 11) is 0. The summed E-state index contributed by atoms with van der Waals surface area (Å²) in [6, 6.07) is 12.3. The number of hydrogen-bond donors (Lipinski definition) is 2. The predicted molar refractivity (Wildman–Crippen MR) is 94.9 cm³/mol. The van der Waals surface area contributed by atoms with Crippen molar-refractivity contribution in [2.24, 2.45) is 0 Å². The Balaban J connectivity index is 1.70. The van der Waals surface area contributed by atoms with Gasteiger partial charge in [0.1, 0.15) is 5.82 Å². The van der Waals surface area contributed by atoms with Crippen LogP contribution < -0.4 is 11.0 Å². The first-order valence-electron chi connectivity index (χ1n) is 7.14. The highest BCUT2D eigenvalue weighted by Gasteiger charge is 2.13. The lowest BCUT2D eigenvalue weighted by Crippen LogP contribution is -2.17. The van der Waals surface area contributed by atoms with E-state index in [1.807, 2.05) is 0 Å². The molecule has 0 atom stereocenters. The van der Waals surface area contributed by atoms with Crippen molar-refractivity contribution in [2.45, 2.75) is 5.16 Å². The average molecular weight is 379 g/mol. The summed E-state index contributed by atoms with van der Waals surface area (Å²) in [5.74, 6) is -0.710. The van der Waals surface area contributed by atoms with Gasteiger partial charge in [-0.25, -0.2) is 18.9 Å². The normalized spacial score (nSPS) is 10.6. The van der Waals surface area contributed by atoms with Gasteiger partial charge in [-0.1, -0.05) is 29.4 Å². The van der Waals surface area contributed by atoms with E-state index < -0.39 is 11.5 Å². The van der Waals surface area contributed by atoms with E-state index in [-0.39, 0.29) is 16.8 Å². The molecule has 0 bridgehead atoms. The van der Waals surface area contributed by atoms with Gasteiger partial charge in [0.05, 0.1) is 11.4 Å². The first-order chi connectivity index (χ1) is 12.0. The summed E-state index contributed by atoms with van der Waals surface area (Å²) in [5.41, 5.74) is 0.435. The van der Waals surface area contributed by atoms with Crippen LogP contribution in [0.25, 0.3) is 5.69 Å². The van der Waals surface area contributed by atoms with Crippen molar-refractivity contribution >= 4 is 35.0 Å². The van der Waals surface area contributed by atoms with Gasteiger partial charge in [0.15, 0.2) is 5.16 Å². The lowest BCUT2D eigenvalue weighted by molar-refractivity contribution is -0.113. The monoisotopic (exact) mass is 378 g/mol. The Morgan fingerprint density at radius 2 is 2.04 bits per heavy atom. The van der Waals surface area contributed by atoms with Crippen LogP contribution in [0, 0.1) is 5.82 Å². The number of aromatic amines is 1. The highest BCUT2D eigenvalue weighted by Crippen LogP contribution is 2.19. The Hall–Kier alpha value is -2.58. The fraction of sp³-hybridized carbons (Fsp3) is 0.0625. The minimum atomic E-state index is -0.508. The van der Waals surface area contributed by atoms with Gasteiger partial charge in [-0.15, -0.1) is 5.10 Å². The molecule has 0 aliphatic rings. The zero-order valence-corrected chi connectivity index (χ0v) is 14.3. The van der Waals surface area contributed by atoms with Crippen molar-refractivity contribution in [2.75, 3.05) is 11.1 Å². The molecule has 25 heavy (non-hydrogen) atoms. The molecule has 0 aliphatic heterocycles. The minimum absolute atomic E-state index is 0.0300. The third-order valence-electron chi connectivity index (χ3n) is 3.17. The van der Waals surface area contributed by atoms with E-state index in [2.05, 4.69) is 15.5 Å². The summed E-state index contributed by atoms with van der Waals surface area (Å²) in [4.78, 5) is 23.9. The molecule has 2 N–H and O–H groups in total. The second-order valence-electron chi connectivity index (χ2n) is 4.97. The van der Waals surface area contributed by atoms with Gasteiger partial charge in [-0.05, 0) is 42.5 Å². The smallest absolute Gasteiger partial charge is 0.325 e. The standard InChI is InChI=1S/C16H12ClFN4O2S/c17-10-4-6-12(7-5-10)19-14(23)9-25-16-21-20-15(24)22(16)13-3-1-2-11(18)8-13/h1-8H,9H2,(H,19,23)(H,20,24). The van der Waals surface area contributed by atoms with Crippen molar-refractivity contribution in [3.8, 4) is 5.69 Å². The molecule has 0 aliphatic carbocycles. The lowest BCUT2D eigenvalue weighted by Gasteiger charge is -2.07. The van der Waals surface area contributed by atoms with Crippen molar-refractivity contribution in [1.29, 1.82) is 0 Å². The molecule has 0 fully saturated rings. The van der Waals surface area contributed by atoms with Crippen molar-refractivity contribution in [3.05, 3.63) is 69.9 Å². The van der Waals surface area contributed by atoms with Gasteiger partial charge in [0.2, 0.25) is 5.91 Å². The van der Waals surface area contributed by atoms with Crippen molar-refractivity contribution < 1.29 is 9.18 Å². The molecule has 0 saturated carbocycles. The zero-order valence-electron chi connectivity index (χ0n) is 12.7. The molecular formula is C16H12ClFN4O2S. The third-order valence-corrected chi connectivity index (χ3v) is 4.36. The summed E-state index contributed by atoms with van der Waals surface area (Å²) in [6.07, 6.45) is 0. The van der Waals surface area contributed by atoms with E-state index >= 15 is 0 Å². The fourth-order valence-electron chi connectivity index (χ4n) is 2.08. The molecule has 3 rings (SSSR count). The number of nitrogens with one attached hydrogen (secondary N) is 2. The topological polar surface area (TPSA) is 79.8 Å². The van der Waals surface area contributed by atoms with Crippen LogP contribution >= 0.6 is 23.4 Å². The Labute approximate surface area is 151 Å². The van der Waals surface area contributed by atoms with Gasteiger partial charge in [-0.3, -0.25) is 4.79 Å². The Kier molecular flexibility index (Phi) is 5.20. The van der Waals surface area contributed by atoms with Gasteiger partial charge < -0.3 is 5.32 Å². The molecule has 1 aromatic heterocycles. The molecule has 0 radical (unpaired) electrons. The van der Waals surface area contributed by atoms with Crippen molar-refractivity contribution in [3.63, 3.8) is 0 Å². The number of benzene rings is 2. The second-order valence-corrected chi connectivity index (χ2v) is 6.35. The summed E-state index contributed by atoms with van der Waals surface area (Å²) in [6.45, 7) is 0. The van der Waals surface area contributed by atoms with E-state index in [1.165, 1.54) is 22.8 Å². The number of rotatable bonds is 5. The molecule has 128 valence electrons. The predicted octanol–water partition coefficient (Wildman–Crippen LogP) is 3.08. The third kappa shape index (κ3) is 4.28. The quantitative estimate of drug-likeness (QED) is 0.669. The minimum Gasteiger partial charge on any atom is -0.325 e. The van der Waals surface area contributed by atoms with Crippen LogP contribution in [-0.2, 0) is 4.79 Å². The van der Waals surface area contributed by atoms with Gasteiger partial charge in [0, 0.05) is 10.7 Å². The Morgan fingerprint density at radius 1 is 1.28 bits per heavy atom. The molecule has 0 unspecified atom stereocenters. The number of amides is 1. The highest BCUT2D eigenvalue weighted by atomic mass is 35.5. The number of anilines is 1. The summed E-state index contributed by atoms with van der Waals surface area (Å²) in [5, 5.41) is 9.73. The number of hydrogen-bond acceptors (Lipinski definition) is 4. The van der Waals surface area contributed by atoms with Crippen LogP contribution in [0.3, 0.4) is 0 Å². The Morgan fingerprint density at radius 3 is 2.76 bits per heavy atom. The molecule has 0 saturated heterocycles. The molecule has 1 heterocycles. The zero-order chi connectivity index (χ0) is 17.8.